The first-order valence-corrected chi connectivity index (χ1v) is 5.15. The van der Waals surface area contributed by atoms with Crippen LogP contribution in [0, 0.1) is 0 Å². The van der Waals surface area contributed by atoms with Crippen molar-refractivity contribution in [1.82, 2.24) is 9.97 Å². The molecule has 6 nitrogen and oxygen atoms in total. The average molecular weight is 231 g/mol. The molecule has 0 unspecified atom stereocenters. The number of carbonyl (C=O) groups is 1. The summed E-state index contributed by atoms with van der Waals surface area (Å²) in [6.07, 6.45) is 4.56. The molecule has 1 aromatic rings. The minimum atomic E-state index is -1.06. The van der Waals surface area contributed by atoms with Gasteiger partial charge in [0.15, 0.2) is 5.69 Å². The van der Waals surface area contributed by atoms with Crippen LogP contribution in [0.1, 0.15) is 23.3 Å². The van der Waals surface area contributed by atoms with E-state index in [1.165, 1.54) is 12.4 Å². The van der Waals surface area contributed by atoms with Crippen molar-refractivity contribution >= 4 is 30.6 Å². The minimum absolute atomic E-state index is 0. The number of carboxylic acids is 1. The predicted octanol–water partition coefficient (Wildman–Crippen LogP) is 0.117. The van der Waals surface area contributed by atoms with Crippen LogP contribution in [0.2, 0.25) is 0 Å². The Kier molecular flexibility index (Phi) is 5.42. The van der Waals surface area contributed by atoms with Crippen LogP contribution in [0.25, 0.3) is 0 Å². The Hall–Kier alpha value is -1.09. The van der Waals surface area contributed by atoms with Gasteiger partial charge in [0.25, 0.3) is 0 Å². The van der Waals surface area contributed by atoms with Crippen LogP contribution >= 0.6 is 0 Å². The SMILES string of the molecule is O=C(O)c1cnc(NC2CCOCC2)cn1.[LiH]. The van der Waals surface area contributed by atoms with Gasteiger partial charge in [0.2, 0.25) is 0 Å². The van der Waals surface area contributed by atoms with E-state index in [0.29, 0.717) is 11.9 Å². The van der Waals surface area contributed by atoms with Crippen molar-refractivity contribution in [3.05, 3.63) is 18.1 Å². The molecule has 0 saturated carbocycles. The van der Waals surface area contributed by atoms with E-state index in [2.05, 4.69) is 15.3 Å². The molecular weight excluding hydrogens is 217 g/mol. The molecule has 0 bridgehead atoms. The van der Waals surface area contributed by atoms with Crippen molar-refractivity contribution in [3.63, 3.8) is 0 Å². The monoisotopic (exact) mass is 231 g/mol. The Labute approximate surface area is 111 Å². The molecule has 0 amide bonds. The van der Waals surface area contributed by atoms with Crippen molar-refractivity contribution in [1.29, 1.82) is 0 Å². The molecule has 0 radical (unpaired) electrons. The number of ether oxygens (including phenoxy) is 1. The van der Waals surface area contributed by atoms with Crippen LogP contribution in [-0.2, 0) is 4.74 Å². The van der Waals surface area contributed by atoms with E-state index >= 15 is 0 Å². The van der Waals surface area contributed by atoms with Gasteiger partial charge < -0.3 is 15.2 Å². The van der Waals surface area contributed by atoms with Crippen molar-refractivity contribution in [2.75, 3.05) is 18.5 Å². The number of aromatic carboxylic acids is 1. The molecule has 7 heteroatoms. The van der Waals surface area contributed by atoms with Gasteiger partial charge in [-0.1, -0.05) is 0 Å². The van der Waals surface area contributed by atoms with E-state index in [4.69, 9.17) is 9.84 Å². The fourth-order valence-electron chi connectivity index (χ4n) is 1.56. The first kappa shape index (κ1) is 14.0. The molecular formula is C10H14LiN3O3. The number of rotatable bonds is 3. The van der Waals surface area contributed by atoms with Gasteiger partial charge in [0, 0.05) is 19.3 Å². The Morgan fingerprint density at radius 3 is 2.59 bits per heavy atom. The summed E-state index contributed by atoms with van der Waals surface area (Å²) < 4.78 is 5.23. The van der Waals surface area contributed by atoms with E-state index in [9.17, 15) is 4.79 Å². The summed E-state index contributed by atoms with van der Waals surface area (Å²) >= 11 is 0. The topological polar surface area (TPSA) is 84.3 Å². The van der Waals surface area contributed by atoms with Gasteiger partial charge in [-0.3, -0.25) is 0 Å². The maximum absolute atomic E-state index is 10.6. The zero-order chi connectivity index (χ0) is 11.4. The quantitative estimate of drug-likeness (QED) is 0.718. The van der Waals surface area contributed by atoms with E-state index in [1.807, 2.05) is 0 Å². The van der Waals surface area contributed by atoms with Crippen LogP contribution in [-0.4, -0.2) is 59.2 Å². The van der Waals surface area contributed by atoms with E-state index in [0.717, 1.165) is 26.1 Å². The van der Waals surface area contributed by atoms with Gasteiger partial charge in [0.05, 0.1) is 12.4 Å². The second kappa shape index (κ2) is 6.60. The molecule has 2 N–H and O–H groups in total. The van der Waals surface area contributed by atoms with Gasteiger partial charge in [-0.25, -0.2) is 14.8 Å². The van der Waals surface area contributed by atoms with Gasteiger partial charge in [0.1, 0.15) is 5.82 Å². The third-order valence-electron chi connectivity index (χ3n) is 2.44. The van der Waals surface area contributed by atoms with E-state index in [-0.39, 0.29) is 24.6 Å². The predicted molar refractivity (Wildman–Crippen MR) is 63.6 cm³/mol. The normalized spacial score (nSPS) is 16.0. The summed E-state index contributed by atoms with van der Waals surface area (Å²) in [6.45, 7) is 1.50. The summed E-state index contributed by atoms with van der Waals surface area (Å²) in [6, 6.07) is 0.332. The fraction of sp³-hybridized carbons (Fsp3) is 0.500. The maximum atomic E-state index is 10.6. The summed E-state index contributed by atoms with van der Waals surface area (Å²) in [4.78, 5) is 18.3. The Morgan fingerprint density at radius 1 is 1.35 bits per heavy atom. The first-order valence-electron chi connectivity index (χ1n) is 5.15. The summed E-state index contributed by atoms with van der Waals surface area (Å²) in [7, 11) is 0. The van der Waals surface area contributed by atoms with Crippen LogP contribution in [0.4, 0.5) is 5.82 Å². The molecule has 1 saturated heterocycles. The Balaban J connectivity index is 0.00000144. The zero-order valence-electron chi connectivity index (χ0n) is 8.72. The van der Waals surface area contributed by atoms with Crippen LogP contribution in [0.15, 0.2) is 12.4 Å². The molecule has 1 aromatic heterocycles. The Bertz CT molecular complexity index is 366. The number of anilines is 1. The van der Waals surface area contributed by atoms with Gasteiger partial charge in [-0.2, -0.15) is 0 Å². The number of hydrogen-bond donors (Lipinski definition) is 2. The van der Waals surface area contributed by atoms with Gasteiger partial charge in [-0.15, -0.1) is 0 Å². The second-order valence-corrected chi connectivity index (χ2v) is 3.62. The standard InChI is InChI=1S/C10H13N3O3.Li.H/c14-10(15)8-5-12-9(6-11-8)13-7-1-3-16-4-2-7;;/h5-7H,1-4H2,(H,12,13)(H,14,15);;. The van der Waals surface area contributed by atoms with Gasteiger partial charge >= 0.3 is 24.8 Å². The molecule has 0 atom stereocenters. The third-order valence-corrected chi connectivity index (χ3v) is 2.44. The molecule has 2 rings (SSSR count). The molecule has 1 fully saturated rings. The number of carboxylic acid groups (broad SMARTS) is 1. The first-order chi connectivity index (χ1) is 7.75. The van der Waals surface area contributed by atoms with Crippen LogP contribution < -0.4 is 5.32 Å². The number of nitrogens with one attached hydrogen (secondary N) is 1. The fourth-order valence-corrected chi connectivity index (χ4v) is 1.56. The molecule has 2 heterocycles. The number of hydrogen-bond acceptors (Lipinski definition) is 5. The summed E-state index contributed by atoms with van der Waals surface area (Å²) in [5.41, 5.74) is -0.0440. The average Bonchev–Trinajstić information content (AvgIpc) is 2.31. The van der Waals surface area contributed by atoms with E-state index in [1.54, 1.807) is 0 Å². The molecule has 1 aliphatic rings. The molecule has 0 aliphatic carbocycles. The second-order valence-electron chi connectivity index (χ2n) is 3.62. The number of nitrogens with zero attached hydrogens (tertiary/aromatic N) is 2. The Morgan fingerprint density at radius 2 is 2.06 bits per heavy atom. The van der Waals surface area contributed by atoms with Crippen LogP contribution in [0.5, 0.6) is 0 Å². The molecule has 0 spiro atoms. The molecule has 88 valence electrons. The molecule has 1 aliphatic heterocycles. The van der Waals surface area contributed by atoms with Crippen LogP contribution in [0.3, 0.4) is 0 Å². The summed E-state index contributed by atoms with van der Waals surface area (Å²) in [5, 5.41) is 11.9. The van der Waals surface area contributed by atoms with Crippen molar-refractivity contribution < 1.29 is 14.6 Å². The summed E-state index contributed by atoms with van der Waals surface area (Å²) in [5.74, 6) is -0.456. The molecule has 17 heavy (non-hydrogen) atoms. The molecule has 0 aromatic carbocycles. The van der Waals surface area contributed by atoms with Gasteiger partial charge in [-0.05, 0) is 12.8 Å². The van der Waals surface area contributed by atoms with Crippen molar-refractivity contribution in [3.8, 4) is 0 Å². The number of aromatic nitrogens is 2. The zero-order valence-corrected chi connectivity index (χ0v) is 8.72. The third kappa shape index (κ3) is 4.00. The van der Waals surface area contributed by atoms with Crippen molar-refractivity contribution in [2.45, 2.75) is 18.9 Å². The van der Waals surface area contributed by atoms with Crippen molar-refractivity contribution in [2.24, 2.45) is 0 Å². The van der Waals surface area contributed by atoms with E-state index < -0.39 is 5.97 Å².